The summed E-state index contributed by atoms with van der Waals surface area (Å²) in [5.41, 5.74) is 0. The predicted molar refractivity (Wildman–Crippen MR) is 74.7 cm³/mol. The van der Waals surface area contributed by atoms with Gasteiger partial charge in [0.05, 0.1) is 18.7 Å². The molecule has 0 atom stereocenters. The number of carbonyl (C=O) groups is 1. The minimum absolute atomic E-state index is 0.337. The number of rotatable bonds is 4. The number of fused-ring (bicyclic) bond motifs is 1. The number of hydrogen-bond donors (Lipinski definition) is 0. The lowest BCUT2D eigenvalue weighted by atomic mass is 10.2. The summed E-state index contributed by atoms with van der Waals surface area (Å²) in [6.07, 6.45) is 0. The van der Waals surface area contributed by atoms with Crippen molar-refractivity contribution in [2.75, 3.05) is 13.7 Å². The molecule has 0 saturated carbocycles. The van der Waals surface area contributed by atoms with Gasteiger partial charge in [-0.15, -0.1) is 11.3 Å². The van der Waals surface area contributed by atoms with Crippen LogP contribution in [0.4, 0.5) is 0 Å². The summed E-state index contributed by atoms with van der Waals surface area (Å²) in [5, 5.41) is 0.542. The number of halogens is 2. The number of benzene rings is 1. The molecular formula is C12H10Cl2O3S. The van der Waals surface area contributed by atoms with Crippen LogP contribution in [0, 0.1) is 0 Å². The molecule has 96 valence electrons. The lowest BCUT2D eigenvalue weighted by Crippen LogP contribution is -1.94. The summed E-state index contributed by atoms with van der Waals surface area (Å²) in [7, 11) is 1.55. The van der Waals surface area contributed by atoms with Crippen LogP contribution in [-0.4, -0.2) is 19.0 Å². The topological polar surface area (TPSA) is 35.5 Å². The molecule has 6 heteroatoms. The van der Waals surface area contributed by atoms with Gasteiger partial charge in [0.25, 0.3) is 5.24 Å². The van der Waals surface area contributed by atoms with E-state index in [4.69, 9.17) is 32.7 Å². The van der Waals surface area contributed by atoms with Crippen molar-refractivity contribution in [3.05, 3.63) is 22.0 Å². The molecule has 0 fully saturated rings. The number of hydrogen-bond acceptors (Lipinski definition) is 4. The maximum Gasteiger partial charge on any atom is 0.263 e. The van der Waals surface area contributed by atoms with E-state index < -0.39 is 5.24 Å². The molecule has 1 aromatic heterocycles. The standard InChI is InChI=1S/C12H10Cl2O3S/c1-3-17-8-5-9-6(4-7(8)16-2)10(13)11(18-9)12(14)15/h4-5H,3H2,1-2H3. The van der Waals surface area contributed by atoms with Crippen molar-refractivity contribution in [3.8, 4) is 11.5 Å². The van der Waals surface area contributed by atoms with Gasteiger partial charge in [0.15, 0.2) is 11.5 Å². The Morgan fingerprint density at radius 2 is 2.11 bits per heavy atom. The van der Waals surface area contributed by atoms with Gasteiger partial charge in [0, 0.05) is 16.2 Å². The average Bonchev–Trinajstić information content (AvgIpc) is 2.66. The molecule has 2 rings (SSSR count). The fraction of sp³-hybridized carbons (Fsp3) is 0.250. The molecule has 1 heterocycles. The molecule has 18 heavy (non-hydrogen) atoms. The molecule has 0 aliphatic carbocycles. The van der Waals surface area contributed by atoms with E-state index in [0.717, 1.165) is 10.1 Å². The maximum atomic E-state index is 11.2. The fourth-order valence-electron chi connectivity index (χ4n) is 1.63. The first-order valence-corrected chi connectivity index (χ1v) is 6.78. The molecule has 0 unspecified atom stereocenters. The highest BCUT2D eigenvalue weighted by atomic mass is 35.5. The van der Waals surface area contributed by atoms with Gasteiger partial charge < -0.3 is 9.47 Å². The third kappa shape index (κ3) is 2.28. The maximum absolute atomic E-state index is 11.2. The summed E-state index contributed by atoms with van der Waals surface area (Å²) < 4.78 is 11.5. The molecule has 0 amide bonds. The molecule has 0 saturated heterocycles. The van der Waals surface area contributed by atoms with E-state index in [1.165, 1.54) is 11.3 Å². The molecule has 0 aliphatic rings. The molecule has 0 N–H and O–H groups in total. The summed E-state index contributed by atoms with van der Waals surface area (Å²) >= 11 is 12.8. The smallest absolute Gasteiger partial charge is 0.263 e. The largest absolute Gasteiger partial charge is 0.493 e. The molecule has 2 aromatic rings. The van der Waals surface area contributed by atoms with Crippen LogP contribution in [0.5, 0.6) is 11.5 Å². The van der Waals surface area contributed by atoms with E-state index in [-0.39, 0.29) is 0 Å². The first kappa shape index (κ1) is 13.5. The Labute approximate surface area is 118 Å². The Bertz CT molecular complexity index is 607. The SMILES string of the molecule is CCOc1cc2sc(C(=O)Cl)c(Cl)c2cc1OC. The van der Waals surface area contributed by atoms with Crippen molar-refractivity contribution < 1.29 is 14.3 Å². The normalized spacial score (nSPS) is 10.7. The molecule has 0 radical (unpaired) electrons. The number of ether oxygens (including phenoxy) is 2. The van der Waals surface area contributed by atoms with Crippen molar-refractivity contribution in [2.24, 2.45) is 0 Å². The number of methoxy groups -OCH3 is 1. The Balaban J connectivity index is 2.67. The first-order valence-electron chi connectivity index (χ1n) is 5.21. The van der Waals surface area contributed by atoms with Gasteiger partial charge in [0.1, 0.15) is 4.88 Å². The van der Waals surface area contributed by atoms with Crippen LogP contribution >= 0.6 is 34.5 Å². The minimum atomic E-state index is -0.557. The zero-order valence-electron chi connectivity index (χ0n) is 9.75. The second-order valence-electron chi connectivity index (χ2n) is 3.45. The van der Waals surface area contributed by atoms with Gasteiger partial charge in [-0.1, -0.05) is 11.6 Å². The van der Waals surface area contributed by atoms with Crippen molar-refractivity contribution in [3.63, 3.8) is 0 Å². The Morgan fingerprint density at radius 1 is 1.39 bits per heavy atom. The first-order chi connectivity index (χ1) is 8.58. The Morgan fingerprint density at radius 3 is 2.67 bits per heavy atom. The summed E-state index contributed by atoms with van der Waals surface area (Å²) in [4.78, 5) is 11.6. The van der Waals surface area contributed by atoms with E-state index in [9.17, 15) is 4.79 Å². The third-order valence-electron chi connectivity index (χ3n) is 2.39. The quantitative estimate of drug-likeness (QED) is 0.788. The highest BCUT2D eigenvalue weighted by Crippen LogP contribution is 2.42. The lowest BCUT2D eigenvalue weighted by molar-refractivity contribution is 0.108. The monoisotopic (exact) mass is 304 g/mol. The minimum Gasteiger partial charge on any atom is -0.493 e. The van der Waals surface area contributed by atoms with Gasteiger partial charge in [-0.25, -0.2) is 0 Å². The third-order valence-corrected chi connectivity index (χ3v) is 4.35. The average molecular weight is 305 g/mol. The van der Waals surface area contributed by atoms with Crippen LogP contribution < -0.4 is 9.47 Å². The van der Waals surface area contributed by atoms with Gasteiger partial charge in [-0.05, 0) is 24.6 Å². The second-order valence-corrected chi connectivity index (χ2v) is 5.22. The summed E-state index contributed by atoms with van der Waals surface area (Å²) in [5.74, 6) is 1.21. The van der Waals surface area contributed by atoms with Crippen LogP contribution in [0.3, 0.4) is 0 Å². The van der Waals surface area contributed by atoms with Gasteiger partial charge in [-0.2, -0.15) is 0 Å². The molecule has 0 bridgehead atoms. The highest BCUT2D eigenvalue weighted by Gasteiger charge is 2.18. The highest BCUT2D eigenvalue weighted by molar-refractivity contribution is 7.23. The molecule has 1 aromatic carbocycles. The molecular weight excluding hydrogens is 295 g/mol. The zero-order valence-corrected chi connectivity index (χ0v) is 12.1. The van der Waals surface area contributed by atoms with E-state index in [1.54, 1.807) is 19.2 Å². The second kappa shape index (κ2) is 5.34. The summed E-state index contributed by atoms with van der Waals surface area (Å²) in [6, 6.07) is 3.56. The predicted octanol–water partition coefficient (Wildman–Crippen LogP) is 4.34. The van der Waals surface area contributed by atoms with Crippen molar-refractivity contribution in [1.82, 2.24) is 0 Å². The van der Waals surface area contributed by atoms with Crippen molar-refractivity contribution in [2.45, 2.75) is 6.92 Å². The number of carbonyl (C=O) groups excluding carboxylic acids is 1. The van der Waals surface area contributed by atoms with Gasteiger partial charge in [0.2, 0.25) is 0 Å². The van der Waals surface area contributed by atoms with Crippen LogP contribution in [-0.2, 0) is 0 Å². The van der Waals surface area contributed by atoms with Gasteiger partial charge >= 0.3 is 0 Å². The van der Waals surface area contributed by atoms with E-state index in [2.05, 4.69) is 0 Å². The molecule has 3 nitrogen and oxygen atoms in total. The van der Waals surface area contributed by atoms with E-state index in [1.807, 2.05) is 6.92 Å². The molecule has 0 aliphatic heterocycles. The van der Waals surface area contributed by atoms with Gasteiger partial charge in [-0.3, -0.25) is 4.79 Å². The fourth-order valence-corrected chi connectivity index (χ4v) is 3.24. The Kier molecular flexibility index (Phi) is 4.00. The van der Waals surface area contributed by atoms with E-state index in [0.29, 0.717) is 28.0 Å². The van der Waals surface area contributed by atoms with Crippen LogP contribution in [0.25, 0.3) is 10.1 Å². The van der Waals surface area contributed by atoms with E-state index >= 15 is 0 Å². The summed E-state index contributed by atoms with van der Waals surface area (Å²) in [6.45, 7) is 2.42. The van der Waals surface area contributed by atoms with Crippen LogP contribution in [0.2, 0.25) is 5.02 Å². The lowest BCUT2D eigenvalue weighted by Gasteiger charge is -2.09. The van der Waals surface area contributed by atoms with Crippen LogP contribution in [0.15, 0.2) is 12.1 Å². The van der Waals surface area contributed by atoms with Crippen molar-refractivity contribution >= 4 is 49.9 Å². The van der Waals surface area contributed by atoms with Crippen LogP contribution in [0.1, 0.15) is 16.6 Å². The molecule has 0 spiro atoms. The zero-order chi connectivity index (χ0) is 13.3. The van der Waals surface area contributed by atoms with Crippen molar-refractivity contribution in [1.29, 1.82) is 0 Å². The number of thiophene rings is 1. The Hall–Kier alpha value is -0.970.